The molecule has 0 amide bonds. The fourth-order valence-corrected chi connectivity index (χ4v) is 2.01. The van der Waals surface area contributed by atoms with Crippen LogP contribution in [0.4, 0.5) is 4.39 Å². The summed E-state index contributed by atoms with van der Waals surface area (Å²) in [5, 5.41) is 11.9. The summed E-state index contributed by atoms with van der Waals surface area (Å²) in [5.74, 6) is -0.180. The van der Waals surface area contributed by atoms with Crippen molar-refractivity contribution in [3.05, 3.63) is 47.8 Å². The highest BCUT2D eigenvalue weighted by molar-refractivity contribution is 5.87. The van der Waals surface area contributed by atoms with Gasteiger partial charge >= 0.3 is 0 Å². The summed E-state index contributed by atoms with van der Waals surface area (Å²) < 4.78 is 13.7. The second-order valence-corrected chi connectivity index (χ2v) is 4.94. The van der Waals surface area contributed by atoms with Crippen LogP contribution < -0.4 is 0 Å². The first-order chi connectivity index (χ1) is 7.94. The van der Waals surface area contributed by atoms with Gasteiger partial charge in [0.1, 0.15) is 5.82 Å². The van der Waals surface area contributed by atoms with Crippen LogP contribution in [-0.2, 0) is 5.60 Å². The molecule has 1 unspecified atom stereocenters. The first kappa shape index (κ1) is 12.1. The molecule has 0 saturated carbocycles. The van der Waals surface area contributed by atoms with Gasteiger partial charge < -0.3 is 5.11 Å². The molecule has 0 spiro atoms. The molecule has 0 aliphatic heterocycles. The Morgan fingerprint density at radius 3 is 2.24 bits per heavy atom. The SMILES string of the molecule is CC(C)C(C)(O)c1ccc(F)c2ccccc12. The fourth-order valence-electron chi connectivity index (χ4n) is 2.01. The van der Waals surface area contributed by atoms with E-state index >= 15 is 0 Å². The van der Waals surface area contributed by atoms with Gasteiger partial charge in [0.25, 0.3) is 0 Å². The van der Waals surface area contributed by atoms with Crippen molar-refractivity contribution in [2.24, 2.45) is 5.92 Å². The summed E-state index contributed by atoms with van der Waals surface area (Å²) in [6.45, 7) is 5.69. The molecule has 1 nitrogen and oxygen atoms in total. The summed E-state index contributed by atoms with van der Waals surface area (Å²) in [6, 6.07) is 10.4. The van der Waals surface area contributed by atoms with Gasteiger partial charge in [-0.25, -0.2) is 4.39 Å². The monoisotopic (exact) mass is 232 g/mol. The van der Waals surface area contributed by atoms with Gasteiger partial charge in [0.2, 0.25) is 0 Å². The molecule has 0 saturated heterocycles. The maximum Gasteiger partial charge on any atom is 0.131 e. The molecule has 0 bridgehead atoms. The Hall–Kier alpha value is -1.41. The molecule has 0 aromatic heterocycles. The third-order valence-electron chi connectivity index (χ3n) is 3.54. The van der Waals surface area contributed by atoms with Crippen molar-refractivity contribution in [3.8, 4) is 0 Å². The molecule has 90 valence electrons. The van der Waals surface area contributed by atoms with Crippen molar-refractivity contribution in [2.45, 2.75) is 26.4 Å². The second-order valence-electron chi connectivity index (χ2n) is 4.94. The number of aliphatic hydroxyl groups is 1. The van der Waals surface area contributed by atoms with Crippen LogP contribution in [0.1, 0.15) is 26.3 Å². The lowest BCUT2D eigenvalue weighted by Gasteiger charge is -2.29. The van der Waals surface area contributed by atoms with Crippen LogP contribution in [0.5, 0.6) is 0 Å². The normalized spacial score (nSPS) is 15.2. The standard InChI is InChI=1S/C15H17FO/c1-10(2)15(3,17)13-8-9-14(16)12-7-5-4-6-11(12)13/h4-10,17H,1-3H3. The summed E-state index contributed by atoms with van der Waals surface area (Å²) in [4.78, 5) is 0. The number of benzene rings is 2. The Morgan fingerprint density at radius 2 is 1.65 bits per heavy atom. The Kier molecular flexibility index (Phi) is 2.92. The zero-order valence-corrected chi connectivity index (χ0v) is 10.4. The van der Waals surface area contributed by atoms with Crippen molar-refractivity contribution in [1.82, 2.24) is 0 Å². The lowest BCUT2D eigenvalue weighted by molar-refractivity contribution is 0.0105. The molecular formula is C15H17FO. The number of fused-ring (bicyclic) bond motifs is 1. The van der Waals surface area contributed by atoms with E-state index in [4.69, 9.17) is 0 Å². The molecule has 0 aliphatic rings. The van der Waals surface area contributed by atoms with Crippen molar-refractivity contribution >= 4 is 10.8 Å². The van der Waals surface area contributed by atoms with E-state index < -0.39 is 5.60 Å². The maximum absolute atomic E-state index is 13.7. The molecule has 0 radical (unpaired) electrons. The molecule has 1 N–H and O–H groups in total. The minimum absolute atomic E-state index is 0.0661. The van der Waals surface area contributed by atoms with E-state index in [0.29, 0.717) is 5.39 Å². The Bertz CT molecular complexity index is 544. The number of halogens is 1. The van der Waals surface area contributed by atoms with Gasteiger partial charge in [0.05, 0.1) is 5.60 Å². The van der Waals surface area contributed by atoms with E-state index in [9.17, 15) is 9.50 Å². The van der Waals surface area contributed by atoms with Crippen LogP contribution in [0.15, 0.2) is 36.4 Å². The predicted octanol–water partition coefficient (Wildman–Crippen LogP) is 3.84. The third kappa shape index (κ3) is 1.93. The van der Waals surface area contributed by atoms with Gasteiger partial charge in [0.15, 0.2) is 0 Å². The molecule has 2 rings (SSSR count). The second kappa shape index (κ2) is 4.11. The first-order valence-corrected chi connectivity index (χ1v) is 5.84. The fraction of sp³-hybridized carbons (Fsp3) is 0.333. The summed E-state index contributed by atoms with van der Waals surface area (Å²) in [5.41, 5.74) is -0.169. The van der Waals surface area contributed by atoms with Crippen LogP contribution in [0.2, 0.25) is 0 Å². The van der Waals surface area contributed by atoms with Gasteiger partial charge in [-0.15, -0.1) is 0 Å². The Balaban J connectivity index is 2.76. The van der Waals surface area contributed by atoms with Gasteiger partial charge in [-0.05, 0) is 29.9 Å². The lowest BCUT2D eigenvalue weighted by atomic mass is 9.82. The van der Waals surface area contributed by atoms with Crippen molar-refractivity contribution in [2.75, 3.05) is 0 Å². The van der Waals surface area contributed by atoms with Crippen LogP contribution >= 0.6 is 0 Å². The topological polar surface area (TPSA) is 20.2 Å². The molecule has 1 atom stereocenters. The highest BCUT2D eigenvalue weighted by Crippen LogP contribution is 2.34. The average Bonchev–Trinajstić information content (AvgIpc) is 2.29. The number of hydrogen-bond donors (Lipinski definition) is 1. The maximum atomic E-state index is 13.7. The van der Waals surface area contributed by atoms with Crippen molar-refractivity contribution in [3.63, 3.8) is 0 Å². The summed E-state index contributed by atoms with van der Waals surface area (Å²) in [7, 11) is 0. The number of hydrogen-bond acceptors (Lipinski definition) is 1. The van der Waals surface area contributed by atoms with E-state index in [1.807, 2.05) is 26.0 Å². The molecule has 0 aliphatic carbocycles. The number of rotatable bonds is 2. The van der Waals surface area contributed by atoms with E-state index in [0.717, 1.165) is 10.9 Å². The molecular weight excluding hydrogens is 215 g/mol. The van der Waals surface area contributed by atoms with Gasteiger partial charge in [-0.2, -0.15) is 0 Å². The van der Waals surface area contributed by atoms with E-state index in [-0.39, 0.29) is 11.7 Å². The highest BCUT2D eigenvalue weighted by Gasteiger charge is 2.29. The quantitative estimate of drug-likeness (QED) is 0.834. The molecule has 2 heteroatoms. The molecule has 17 heavy (non-hydrogen) atoms. The lowest BCUT2D eigenvalue weighted by Crippen LogP contribution is -2.28. The van der Waals surface area contributed by atoms with Crippen LogP contribution in [0.3, 0.4) is 0 Å². The zero-order chi connectivity index (χ0) is 12.6. The Morgan fingerprint density at radius 1 is 1.06 bits per heavy atom. The molecule has 0 heterocycles. The van der Waals surface area contributed by atoms with Crippen molar-refractivity contribution < 1.29 is 9.50 Å². The van der Waals surface area contributed by atoms with Crippen LogP contribution in [0, 0.1) is 11.7 Å². The highest BCUT2D eigenvalue weighted by atomic mass is 19.1. The van der Waals surface area contributed by atoms with Crippen LogP contribution in [-0.4, -0.2) is 5.11 Å². The molecule has 0 fully saturated rings. The smallest absolute Gasteiger partial charge is 0.131 e. The molecule has 2 aromatic carbocycles. The summed E-state index contributed by atoms with van der Waals surface area (Å²) >= 11 is 0. The average molecular weight is 232 g/mol. The summed E-state index contributed by atoms with van der Waals surface area (Å²) in [6.07, 6.45) is 0. The Labute approximate surface area is 101 Å². The van der Waals surface area contributed by atoms with Crippen molar-refractivity contribution in [1.29, 1.82) is 0 Å². The first-order valence-electron chi connectivity index (χ1n) is 5.84. The van der Waals surface area contributed by atoms with Gasteiger partial charge in [-0.3, -0.25) is 0 Å². The minimum atomic E-state index is -0.951. The predicted molar refractivity (Wildman–Crippen MR) is 68.3 cm³/mol. The van der Waals surface area contributed by atoms with Gasteiger partial charge in [-0.1, -0.05) is 44.2 Å². The van der Waals surface area contributed by atoms with E-state index in [1.54, 1.807) is 25.1 Å². The van der Waals surface area contributed by atoms with Gasteiger partial charge in [0, 0.05) is 5.39 Å². The largest absolute Gasteiger partial charge is 0.385 e. The molecule has 2 aromatic rings. The van der Waals surface area contributed by atoms with Crippen LogP contribution in [0.25, 0.3) is 10.8 Å². The van der Waals surface area contributed by atoms with E-state index in [1.165, 1.54) is 6.07 Å². The minimum Gasteiger partial charge on any atom is -0.385 e. The van der Waals surface area contributed by atoms with E-state index in [2.05, 4.69) is 0 Å². The third-order valence-corrected chi connectivity index (χ3v) is 3.54. The zero-order valence-electron chi connectivity index (χ0n) is 10.4.